The molecule has 0 bridgehead atoms. The molecule has 1 heterocycles. The fourth-order valence-corrected chi connectivity index (χ4v) is 1.55. The molecule has 0 saturated carbocycles. The Morgan fingerprint density at radius 2 is 2.17 bits per heavy atom. The highest BCUT2D eigenvalue weighted by molar-refractivity contribution is 6.30. The first-order valence-corrected chi connectivity index (χ1v) is 5.18. The van der Waals surface area contributed by atoms with Gasteiger partial charge in [0.2, 0.25) is 0 Å². The minimum atomic E-state index is -1.33. The number of nitrogens with two attached hydrogens (primary N) is 1. The number of nitrogen functional groups attached to an aromatic ring is 1. The van der Waals surface area contributed by atoms with Crippen LogP contribution in [0, 0.1) is 5.82 Å². The van der Waals surface area contributed by atoms with Gasteiger partial charge in [0.1, 0.15) is 5.82 Å². The quantitative estimate of drug-likeness (QED) is 0.871. The number of halogens is 2. The summed E-state index contributed by atoms with van der Waals surface area (Å²) in [4.78, 5) is 18.3. The Labute approximate surface area is 106 Å². The topological polar surface area (TPSA) is 89.1 Å². The molecule has 5 nitrogen and oxygen atoms in total. The third-order valence-corrected chi connectivity index (χ3v) is 2.44. The van der Waals surface area contributed by atoms with Crippen molar-refractivity contribution in [2.24, 2.45) is 0 Å². The normalized spacial score (nSPS) is 10.3. The number of benzene rings is 1. The summed E-state index contributed by atoms with van der Waals surface area (Å²) in [5, 5.41) is 9.17. The van der Waals surface area contributed by atoms with E-state index < -0.39 is 17.5 Å². The lowest BCUT2D eigenvalue weighted by molar-refractivity contribution is 0.0691. The van der Waals surface area contributed by atoms with Gasteiger partial charge in [0.15, 0.2) is 11.5 Å². The summed E-state index contributed by atoms with van der Waals surface area (Å²) in [6, 6.07) is 3.88. The summed E-state index contributed by atoms with van der Waals surface area (Å²) in [7, 11) is 0. The average molecular weight is 268 g/mol. The molecule has 92 valence electrons. The third-order valence-electron chi connectivity index (χ3n) is 2.21. The standard InChI is InChI=1S/C11H7ClFN3O2/c12-5-1-2-7(13)6(3-5)8-4-15-10(14)9(16-8)11(17)18/h1-4H,(H2,14,15)(H,17,18). The van der Waals surface area contributed by atoms with Gasteiger partial charge in [-0.05, 0) is 18.2 Å². The van der Waals surface area contributed by atoms with Crippen molar-refractivity contribution in [2.45, 2.75) is 0 Å². The molecule has 0 unspecified atom stereocenters. The van der Waals surface area contributed by atoms with E-state index in [-0.39, 0.29) is 17.1 Å². The molecule has 0 aliphatic rings. The molecule has 0 saturated heterocycles. The van der Waals surface area contributed by atoms with E-state index in [0.717, 1.165) is 6.07 Å². The average Bonchev–Trinajstić information content (AvgIpc) is 2.33. The van der Waals surface area contributed by atoms with Crippen molar-refractivity contribution in [1.82, 2.24) is 9.97 Å². The highest BCUT2D eigenvalue weighted by Gasteiger charge is 2.15. The zero-order valence-electron chi connectivity index (χ0n) is 8.89. The maximum absolute atomic E-state index is 13.6. The number of nitrogens with zero attached hydrogens (tertiary/aromatic N) is 2. The number of rotatable bonds is 2. The molecule has 3 N–H and O–H groups in total. The zero-order chi connectivity index (χ0) is 13.3. The first kappa shape index (κ1) is 12.3. The predicted octanol–water partition coefficient (Wildman–Crippen LogP) is 2.22. The van der Waals surface area contributed by atoms with E-state index in [9.17, 15) is 9.18 Å². The monoisotopic (exact) mass is 267 g/mol. The van der Waals surface area contributed by atoms with Gasteiger partial charge < -0.3 is 10.8 Å². The molecule has 0 aliphatic carbocycles. The van der Waals surface area contributed by atoms with E-state index in [4.69, 9.17) is 22.4 Å². The highest BCUT2D eigenvalue weighted by atomic mass is 35.5. The molecule has 0 spiro atoms. The number of aromatic carboxylic acids is 1. The fourth-order valence-electron chi connectivity index (χ4n) is 1.38. The van der Waals surface area contributed by atoms with Gasteiger partial charge in [-0.25, -0.2) is 19.2 Å². The fraction of sp³-hybridized carbons (Fsp3) is 0. The van der Waals surface area contributed by atoms with Gasteiger partial charge in [-0.3, -0.25) is 0 Å². The van der Waals surface area contributed by atoms with Gasteiger partial charge in [0.05, 0.1) is 11.9 Å². The lowest BCUT2D eigenvalue weighted by Crippen LogP contribution is -2.08. The van der Waals surface area contributed by atoms with Gasteiger partial charge >= 0.3 is 5.97 Å². The van der Waals surface area contributed by atoms with E-state index >= 15 is 0 Å². The van der Waals surface area contributed by atoms with Gasteiger partial charge in [0.25, 0.3) is 0 Å². The smallest absolute Gasteiger partial charge is 0.358 e. The number of hydrogen-bond acceptors (Lipinski definition) is 4. The number of aromatic nitrogens is 2. The van der Waals surface area contributed by atoms with Crippen molar-refractivity contribution in [3.63, 3.8) is 0 Å². The van der Waals surface area contributed by atoms with E-state index in [0.29, 0.717) is 5.02 Å². The van der Waals surface area contributed by atoms with Crippen molar-refractivity contribution in [1.29, 1.82) is 0 Å². The molecule has 0 fully saturated rings. The van der Waals surface area contributed by atoms with Crippen molar-refractivity contribution in [3.05, 3.63) is 40.9 Å². The second-order valence-electron chi connectivity index (χ2n) is 3.42. The number of carboxylic acid groups (broad SMARTS) is 1. The van der Waals surface area contributed by atoms with Crippen LogP contribution in [0.1, 0.15) is 10.5 Å². The molecular weight excluding hydrogens is 261 g/mol. The van der Waals surface area contributed by atoms with Gasteiger partial charge in [0, 0.05) is 10.6 Å². The Balaban J connectivity index is 2.61. The van der Waals surface area contributed by atoms with Crippen LogP contribution in [0.3, 0.4) is 0 Å². The lowest BCUT2D eigenvalue weighted by atomic mass is 10.1. The molecule has 1 aromatic carbocycles. The van der Waals surface area contributed by atoms with Crippen LogP contribution in [0.25, 0.3) is 11.3 Å². The minimum absolute atomic E-state index is 0.0570. The summed E-state index contributed by atoms with van der Waals surface area (Å²) in [5.41, 5.74) is 5.06. The lowest BCUT2D eigenvalue weighted by Gasteiger charge is -2.05. The zero-order valence-corrected chi connectivity index (χ0v) is 9.65. The largest absolute Gasteiger partial charge is 0.476 e. The Morgan fingerprint density at radius 3 is 2.83 bits per heavy atom. The molecule has 2 aromatic rings. The van der Waals surface area contributed by atoms with Gasteiger partial charge in [-0.15, -0.1) is 0 Å². The van der Waals surface area contributed by atoms with Crippen LogP contribution < -0.4 is 5.73 Å². The summed E-state index contributed by atoms with van der Waals surface area (Å²) in [6.07, 6.45) is 1.19. The summed E-state index contributed by atoms with van der Waals surface area (Å²) >= 11 is 5.74. The molecule has 7 heteroatoms. The molecule has 2 rings (SSSR count). The minimum Gasteiger partial charge on any atom is -0.476 e. The maximum atomic E-state index is 13.6. The molecule has 0 amide bonds. The van der Waals surface area contributed by atoms with Crippen molar-refractivity contribution < 1.29 is 14.3 Å². The van der Waals surface area contributed by atoms with Crippen LogP contribution in [0.5, 0.6) is 0 Å². The van der Waals surface area contributed by atoms with Gasteiger partial charge in [-0.1, -0.05) is 11.6 Å². The predicted molar refractivity (Wildman–Crippen MR) is 63.8 cm³/mol. The van der Waals surface area contributed by atoms with Crippen LogP contribution in [-0.4, -0.2) is 21.0 Å². The van der Waals surface area contributed by atoms with E-state index in [1.165, 1.54) is 18.3 Å². The van der Waals surface area contributed by atoms with Crippen molar-refractivity contribution >= 4 is 23.4 Å². The van der Waals surface area contributed by atoms with Gasteiger partial charge in [-0.2, -0.15) is 0 Å². The number of carboxylic acids is 1. The number of anilines is 1. The molecule has 1 aromatic heterocycles. The molecular formula is C11H7ClFN3O2. The van der Waals surface area contributed by atoms with Crippen molar-refractivity contribution in [2.75, 3.05) is 5.73 Å². The maximum Gasteiger partial charge on any atom is 0.358 e. The number of hydrogen-bond donors (Lipinski definition) is 2. The number of carbonyl (C=O) groups is 1. The first-order chi connectivity index (χ1) is 8.49. The van der Waals surface area contributed by atoms with E-state index in [1.807, 2.05) is 0 Å². The van der Waals surface area contributed by atoms with Crippen LogP contribution in [0.2, 0.25) is 5.02 Å². The summed E-state index contributed by atoms with van der Waals surface area (Å²) < 4.78 is 13.6. The Kier molecular flexibility index (Phi) is 3.12. The van der Waals surface area contributed by atoms with E-state index in [1.54, 1.807) is 0 Å². The molecule has 18 heavy (non-hydrogen) atoms. The van der Waals surface area contributed by atoms with Crippen LogP contribution in [0.15, 0.2) is 24.4 Å². The van der Waals surface area contributed by atoms with Crippen LogP contribution in [0.4, 0.5) is 10.2 Å². The molecule has 0 aliphatic heterocycles. The SMILES string of the molecule is Nc1ncc(-c2cc(Cl)ccc2F)nc1C(=O)O. The third kappa shape index (κ3) is 2.23. The van der Waals surface area contributed by atoms with Crippen LogP contribution >= 0.6 is 11.6 Å². The van der Waals surface area contributed by atoms with Crippen LogP contribution in [-0.2, 0) is 0 Å². The Bertz CT molecular complexity index is 634. The first-order valence-electron chi connectivity index (χ1n) is 4.80. The second-order valence-corrected chi connectivity index (χ2v) is 3.85. The summed E-state index contributed by atoms with van der Waals surface area (Å²) in [6.45, 7) is 0. The second kappa shape index (κ2) is 4.58. The van der Waals surface area contributed by atoms with Crippen molar-refractivity contribution in [3.8, 4) is 11.3 Å². The van der Waals surface area contributed by atoms with E-state index in [2.05, 4.69) is 9.97 Å². The molecule has 0 atom stereocenters. The Morgan fingerprint density at radius 1 is 1.44 bits per heavy atom. The Hall–Kier alpha value is -2.21. The summed E-state index contributed by atoms with van der Waals surface area (Å²) in [5.74, 6) is -2.13. The molecule has 0 radical (unpaired) electrons. The highest BCUT2D eigenvalue weighted by Crippen LogP contribution is 2.25.